The molecule has 0 unspecified atom stereocenters. The van der Waals surface area contributed by atoms with Crippen molar-refractivity contribution in [3.8, 4) is 0 Å². The Labute approximate surface area is 124 Å². The molecule has 1 heterocycles. The third-order valence-corrected chi connectivity index (χ3v) is 3.93. The van der Waals surface area contributed by atoms with Gasteiger partial charge in [-0.25, -0.2) is 0 Å². The maximum atomic E-state index is 11.3. The predicted molar refractivity (Wildman–Crippen MR) is 74.1 cm³/mol. The van der Waals surface area contributed by atoms with Crippen molar-refractivity contribution in [2.75, 3.05) is 0 Å². The number of aromatic nitrogens is 3. The van der Waals surface area contributed by atoms with Gasteiger partial charge >= 0.3 is 0 Å². The number of Topliss-reactive ketones (excluding diaryl/α,β-unsaturated/α-hetero) is 1. The van der Waals surface area contributed by atoms with Crippen molar-refractivity contribution < 1.29 is 14.8 Å². The smallest absolute Gasteiger partial charge is 0.284 e. The van der Waals surface area contributed by atoms with E-state index in [0.29, 0.717) is 15.9 Å². The van der Waals surface area contributed by atoms with E-state index < -0.39 is 4.92 Å². The summed E-state index contributed by atoms with van der Waals surface area (Å²) in [5.74, 6) is 0.122. The maximum Gasteiger partial charge on any atom is 0.284 e. The van der Waals surface area contributed by atoms with Crippen molar-refractivity contribution in [1.82, 2.24) is 14.8 Å². The zero-order valence-corrected chi connectivity index (χ0v) is 12.1. The number of aliphatic hydroxyl groups is 1. The van der Waals surface area contributed by atoms with Crippen LogP contribution >= 0.6 is 11.8 Å². The number of nitro benzene ring substituents is 1. The van der Waals surface area contributed by atoms with Crippen molar-refractivity contribution in [3.63, 3.8) is 0 Å². The molecule has 0 saturated heterocycles. The average molecular weight is 308 g/mol. The van der Waals surface area contributed by atoms with Gasteiger partial charge in [-0.15, -0.1) is 10.2 Å². The molecule has 8 nitrogen and oxygen atoms in total. The highest BCUT2D eigenvalue weighted by Crippen LogP contribution is 2.34. The molecule has 0 radical (unpaired) electrons. The molecule has 1 aromatic heterocycles. The van der Waals surface area contributed by atoms with Crippen LogP contribution < -0.4 is 0 Å². The molecular formula is C12H12N4O4S. The van der Waals surface area contributed by atoms with Gasteiger partial charge in [0.1, 0.15) is 6.61 Å². The first-order chi connectivity index (χ1) is 9.93. The van der Waals surface area contributed by atoms with Crippen LogP contribution in [0.25, 0.3) is 0 Å². The largest absolute Gasteiger partial charge is 0.388 e. The standard InChI is InChI=1S/C12H12N4O4S/c1-7(18)8-3-4-10(9(5-8)16(19)20)21-12-14-13-11(6-17)15(12)2/h3-5,17H,6H2,1-2H3. The highest BCUT2D eigenvalue weighted by Gasteiger charge is 2.19. The van der Waals surface area contributed by atoms with E-state index in [4.69, 9.17) is 5.11 Å². The van der Waals surface area contributed by atoms with Gasteiger partial charge < -0.3 is 9.67 Å². The molecule has 0 aliphatic rings. The number of aliphatic hydroxyl groups excluding tert-OH is 1. The molecule has 0 atom stereocenters. The Balaban J connectivity index is 2.41. The maximum absolute atomic E-state index is 11.3. The quantitative estimate of drug-likeness (QED) is 0.507. The van der Waals surface area contributed by atoms with E-state index >= 15 is 0 Å². The first kappa shape index (κ1) is 15.1. The Bertz CT molecular complexity index is 713. The topological polar surface area (TPSA) is 111 Å². The van der Waals surface area contributed by atoms with Crippen LogP contribution in [0.1, 0.15) is 23.1 Å². The van der Waals surface area contributed by atoms with Crippen LogP contribution in [-0.4, -0.2) is 30.6 Å². The Kier molecular flexibility index (Phi) is 4.34. The van der Waals surface area contributed by atoms with E-state index in [1.165, 1.54) is 25.1 Å². The lowest BCUT2D eigenvalue weighted by Crippen LogP contribution is -2.00. The monoisotopic (exact) mass is 308 g/mol. The Morgan fingerprint density at radius 1 is 1.48 bits per heavy atom. The van der Waals surface area contributed by atoms with Crippen LogP contribution in [0.3, 0.4) is 0 Å². The number of carbonyl (C=O) groups excluding carboxylic acids is 1. The number of nitro groups is 1. The van der Waals surface area contributed by atoms with E-state index in [9.17, 15) is 14.9 Å². The first-order valence-electron chi connectivity index (χ1n) is 5.90. The first-order valence-corrected chi connectivity index (χ1v) is 6.72. The number of ketones is 1. The van der Waals surface area contributed by atoms with Gasteiger partial charge in [0.15, 0.2) is 16.8 Å². The molecule has 0 aliphatic carbocycles. The summed E-state index contributed by atoms with van der Waals surface area (Å²) < 4.78 is 1.55. The fourth-order valence-corrected chi connectivity index (χ4v) is 2.53. The fourth-order valence-electron chi connectivity index (χ4n) is 1.64. The summed E-state index contributed by atoms with van der Waals surface area (Å²) in [7, 11) is 1.66. The zero-order valence-electron chi connectivity index (χ0n) is 11.3. The summed E-state index contributed by atoms with van der Waals surface area (Å²) in [6.45, 7) is 1.08. The molecule has 21 heavy (non-hydrogen) atoms. The predicted octanol–water partition coefficient (Wildman–Crippen LogP) is 1.57. The van der Waals surface area contributed by atoms with Gasteiger partial charge in [-0.05, 0) is 30.8 Å². The van der Waals surface area contributed by atoms with Crippen molar-refractivity contribution in [2.45, 2.75) is 23.6 Å². The van der Waals surface area contributed by atoms with Crippen molar-refractivity contribution in [3.05, 3.63) is 39.7 Å². The summed E-state index contributed by atoms with van der Waals surface area (Å²) in [5.41, 5.74) is 0.112. The van der Waals surface area contributed by atoms with Gasteiger partial charge in [-0.2, -0.15) is 0 Å². The Morgan fingerprint density at radius 3 is 2.71 bits per heavy atom. The van der Waals surface area contributed by atoms with Crippen LogP contribution in [0.5, 0.6) is 0 Å². The molecule has 0 amide bonds. The molecule has 9 heteroatoms. The molecule has 0 aliphatic heterocycles. The third-order valence-electron chi connectivity index (χ3n) is 2.83. The minimum absolute atomic E-state index is 0.166. The number of hydrogen-bond donors (Lipinski definition) is 1. The average Bonchev–Trinajstić information content (AvgIpc) is 2.79. The molecule has 1 aromatic carbocycles. The highest BCUT2D eigenvalue weighted by molar-refractivity contribution is 7.99. The molecule has 110 valence electrons. The van der Waals surface area contributed by atoms with Crippen LogP contribution in [0.4, 0.5) is 5.69 Å². The fraction of sp³-hybridized carbons (Fsp3) is 0.250. The van der Waals surface area contributed by atoms with Gasteiger partial charge in [0, 0.05) is 18.7 Å². The number of benzene rings is 1. The molecule has 2 rings (SSSR count). The number of carbonyl (C=O) groups is 1. The van der Waals surface area contributed by atoms with E-state index in [2.05, 4.69) is 10.2 Å². The summed E-state index contributed by atoms with van der Waals surface area (Å²) in [4.78, 5) is 22.2. The van der Waals surface area contributed by atoms with E-state index in [1.807, 2.05) is 0 Å². The zero-order chi connectivity index (χ0) is 15.6. The van der Waals surface area contributed by atoms with E-state index in [0.717, 1.165) is 11.8 Å². The van der Waals surface area contributed by atoms with Gasteiger partial charge in [0.05, 0.1) is 9.82 Å². The van der Waals surface area contributed by atoms with Crippen molar-refractivity contribution in [2.24, 2.45) is 7.05 Å². The normalized spacial score (nSPS) is 10.6. The SMILES string of the molecule is CC(=O)c1ccc(Sc2nnc(CO)n2C)c([N+](=O)[O-])c1. The molecule has 0 spiro atoms. The van der Waals surface area contributed by atoms with Crippen molar-refractivity contribution >= 4 is 23.2 Å². The molecular weight excluding hydrogens is 296 g/mol. The van der Waals surface area contributed by atoms with Gasteiger partial charge in [-0.1, -0.05) is 0 Å². The number of hydrogen-bond acceptors (Lipinski definition) is 7. The van der Waals surface area contributed by atoms with Crippen LogP contribution in [0, 0.1) is 10.1 Å². The number of nitrogens with zero attached hydrogens (tertiary/aromatic N) is 4. The Morgan fingerprint density at radius 2 is 2.19 bits per heavy atom. The second-order valence-corrected chi connectivity index (χ2v) is 5.22. The summed E-state index contributed by atoms with van der Waals surface area (Å²) in [6, 6.07) is 4.28. The minimum atomic E-state index is -0.544. The second kappa shape index (κ2) is 6.02. The van der Waals surface area contributed by atoms with Crippen molar-refractivity contribution in [1.29, 1.82) is 0 Å². The third kappa shape index (κ3) is 3.09. The lowest BCUT2D eigenvalue weighted by atomic mass is 10.1. The van der Waals surface area contributed by atoms with Crippen LogP contribution in [0.2, 0.25) is 0 Å². The molecule has 0 bridgehead atoms. The molecule has 2 aromatic rings. The van der Waals surface area contributed by atoms with Crippen LogP contribution in [0.15, 0.2) is 28.3 Å². The van der Waals surface area contributed by atoms with Gasteiger partial charge in [0.25, 0.3) is 5.69 Å². The Hall–Kier alpha value is -2.26. The molecule has 0 saturated carbocycles. The van der Waals surface area contributed by atoms with E-state index in [-0.39, 0.29) is 23.6 Å². The van der Waals surface area contributed by atoms with E-state index in [1.54, 1.807) is 11.6 Å². The minimum Gasteiger partial charge on any atom is -0.388 e. The summed E-state index contributed by atoms with van der Waals surface area (Å²) >= 11 is 1.05. The lowest BCUT2D eigenvalue weighted by Gasteiger charge is -2.04. The summed E-state index contributed by atoms with van der Waals surface area (Å²) in [6.07, 6.45) is 0. The molecule has 0 fully saturated rings. The highest BCUT2D eigenvalue weighted by atomic mass is 32.2. The summed E-state index contributed by atoms with van der Waals surface area (Å²) in [5, 5.41) is 28.2. The van der Waals surface area contributed by atoms with Crippen LogP contribution in [-0.2, 0) is 13.7 Å². The second-order valence-electron chi connectivity index (χ2n) is 4.21. The number of rotatable bonds is 5. The lowest BCUT2D eigenvalue weighted by molar-refractivity contribution is -0.387. The van der Waals surface area contributed by atoms with Gasteiger partial charge in [-0.3, -0.25) is 14.9 Å². The molecule has 1 N–H and O–H groups in total. The van der Waals surface area contributed by atoms with Gasteiger partial charge in [0.2, 0.25) is 0 Å².